The smallest absolute Gasteiger partial charge is 0.137 e. The molecule has 9 heteroatoms. The van der Waals surface area contributed by atoms with Gasteiger partial charge in [-0.25, -0.2) is 18.4 Å². The van der Waals surface area contributed by atoms with Crippen LogP contribution in [0.5, 0.6) is 0 Å². The van der Waals surface area contributed by atoms with Crippen molar-refractivity contribution in [1.29, 1.82) is 0 Å². The van der Waals surface area contributed by atoms with Crippen LogP contribution in [0, 0.1) is 11.6 Å². The number of rotatable bonds is 6. The molecule has 0 fully saturated rings. The number of aryl methyl sites for hydroxylation is 1. The molecule has 30 heavy (non-hydrogen) atoms. The van der Waals surface area contributed by atoms with E-state index < -0.39 is 23.3 Å². The molecule has 156 valence electrons. The predicted molar refractivity (Wildman–Crippen MR) is 109 cm³/mol. The standard InChI is InChI=1S/C21H20ClF2N5O/c1-3-20-16-8-14(22)4-7-19(16)27-29(20)13(2)21(30,10-28-12-25-11-26-28)17-6-5-15(23)9-18(17)24/h4-9,11-13,30H,3,10H2,1-2H3/t13-,21-/m1/s1. The highest BCUT2D eigenvalue weighted by Crippen LogP contribution is 2.38. The van der Waals surface area contributed by atoms with Crippen LogP contribution in [-0.4, -0.2) is 29.7 Å². The maximum Gasteiger partial charge on any atom is 0.137 e. The van der Waals surface area contributed by atoms with E-state index in [-0.39, 0.29) is 12.1 Å². The minimum atomic E-state index is -1.79. The van der Waals surface area contributed by atoms with E-state index in [1.165, 1.54) is 23.4 Å². The summed E-state index contributed by atoms with van der Waals surface area (Å²) < 4.78 is 31.4. The second-order valence-corrected chi connectivity index (χ2v) is 7.66. The van der Waals surface area contributed by atoms with Crippen LogP contribution in [0.2, 0.25) is 5.02 Å². The topological polar surface area (TPSA) is 68.8 Å². The highest BCUT2D eigenvalue weighted by atomic mass is 35.5. The van der Waals surface area contributed by atoms with Crippen molar-refractivity contribution in [1.82, 2.24) is 24.5 Å². The van der Waals surface area contributed by atoms with Crippen molar-refractivity contribution in [2.24, 2.45) is 0 Å². The quantitative estimate of drug-likeness (QED) is 0.495. The lowest BCUT2D eigenvalue weighted by atomic mass is 9.86. The summed E-state index contributed by atoms with van der Waals surface area (Å²) in [6, 6.07) is 7.78. The Kier molecular flexibility index (Phi) is 5.29. The second kappa shape index (κ2) is 7.77. The number of fused-ring (bicyclic) bond motifs is 1. The molecule has 0 aliphatic heterocycles. The van der Waals surface area contributed by atoms with E-state index in [1.54, 1.807) is 23.7 Å². The molecular formula is C21H20ClF2N5O. The maximum atomic E-state index is 14.8. The molecule has 0 saturated heterocycles. The lowest BCUT2D eigenvalue weighted by Gasteiger charge is -2.35. The summed E-state index contributed by atoms with van der Waals surface area (Å²) in [5.74, 6) is -1.57. The number of hydrogen-bond acceptors (Lipinski definition) is 4. The minimum absolute atomic E-state index is 0.0495. The Morgan fingerprint density at radius 3 is 2.67 bits per heavy atom. The molecule has 0 radical (unpaired) electrons. The summed E-state index contributed by atoms with van der Waals surface area (Å²) in [6.45, 7) is 3.61. The van der Waals surface area contributed by atoms with Gasteiger partial charge in [-0.15, -0.1) is 0 Å². The van der Waals surface area contributed by atoms with Crippen molar-refractivity contribution in [2.75, 3.05) is 0 Å². The third kappa shape index (κ3) is 3.46. The minimum Gasteiger partial charge on any atom is -0.381 e. The van der Waals surface area contributed by atoms with Gasteiger partial charge in [-0.1, -0.05) is 24.6 Å². The fourth-order valence-corrected chi connectivity index (χ4v) is 4.02. The number of aromatic nitrogens is 5. The third-order valence-electron chi connectivity index (χ3n) is 5.42. The van der Waals surface area contributed by atoms with Gasteiger partial charge >= 0.3 is 0 Å². The van der Waals surface area contributed by atoms with Gasteiger partial charge in [0.25, 0.3) is 0 Å². The Morgan fingerprint density at radius 2 is 2.00 bits per heavy atom. The average Bonchev–Trinajstić information content (AvgIpc) is 3.33. The largest absolute Gasteiger partial charge is 0.381 e. The van der Waals surface area contributed by atoms with E-state index in [1.807, 2.05) is 13.0 Å². The summed E-state index contributed by atoms with van der Waals surface area (Å²) in [5.41, 5.74) is -0.279. The first kappa shape index (κ1) is 20.4. The third-order valence-corrected chi connectivity index (χ3v) is 5.66. The first-order valence-corrected chi connectivity index (χ1v) is 9.88. The Bertz CT molecular complexity index is 1190. The zero-order valence-electron chi connectivity index (χ0n) is 16.4. The van der Waals surface area contributed by atoms with Gasteiger partial charge in [0.1, 0.15) is 29.9 Å². The molecule has 0 spiro atoms. The van der Waals surface area contributed by atoms with Crippen molar-refractivity contribution in [3.8, 4) is 0 Å². The van der Waals surface area contributed by atoms with Gasteiger partial charge in [0.2, 0.25) is 0 Å². The van der Waals surface area contributed by atoms with Gasteiger partial charge in [-0.05, 0) is 37.6 Å². The van der Waals surface area contributed by atoms with Gasteiger partial charge in [0.15, 0.2) is 0 Å². The molecule has 0 amide bonds. The van der Waals surface area contributed by atoms with E-state index in [0.29, 0.717) is 17.0 Å². The van der Waals surface area contributed by atoms with Gasteiger partial charge in [-0.3, -0.25) is 4.68 Å². The van der Waals surface area contributed by atoms with Crippen LogP contribution >= 0.6 is 11.6 Å². The Morgan fingerprint density at radius 1 is 1.20 bits per heavy atom. The zero-order valence-corrected chi connectivity index (χ0v) is 17.2. The second-order valence-electron chi connectivity index (χ2n) is 7.22. The van der Waals surface area contributed by atoms with Crippen LogP contribution in [0.15, 0.2) is 49.1 Å². The molecule has 2 aromatic heterocycles. The number of halogens is 3. The van der Waals surface area contributed by atoms with E-state index in [4.69, 9.17) is 11.6 Å². The van der Waals surface area contributed by atoms with Crippen molar-refractivity contribution < 1.29 is 13.9 Å². The summed E-state index contributed by atoms with van der Waals surface area (Å²) in [7, 11) is 0. The molecule has 0 unspecified atom stereocenters. The van der Waals surface area contributed by atoms with E-state index in [2.05, 4.69) is 15.2 Å². The lowest BCUT2D eigenvalue weighted by molar-refractivity contribution is -0.0374. The summed E-state index contributed by atoms with van der Waals surface area (Å²) >= 11 is 6.16. The number of hydrogen-bond donors (Lipinski definition) is 1. The molecule has 6 nitrogen and oxygen atoms in total. The summed E-state index contributed by atoms with van der Waals surface area (Å²) in [5, 5.41) is 21.9. The summed E-state index contributed by atoms with van der Waals surface area (Å²) in [4.78, 5) is 3.90. The van der Waals surface area contributed by atoms with E-state index in [9.17, 15) is 13.9 Å². The van der Waals surface area contributed by atoms with Crippen LogP contribution in [-0.2, 0) is 18.6 Å². The van der Waals surface area contributed by atoms with Gasteiger partial charge < -0.3 is 5.11 Å². The van der Waals surface area contributed by atoms with E-state index in [0.717, 1.165) is 23.2 Å². The predicted octanol–water partition coefficient (Wildman–Crippen LogP) is 4.27. The van der Waals surface area contributed by atoms with Crippen molar-refractivity contribution in [2.45, 2.75) is 38.5 Å². The van der Waals surface area contributed by atoms with Crippen molar-refractivity contribution in [3.05, 3.63) is 77.0 Å². The van der Waals surface area contributed by atoms with E-state index >= 15 is 0 Å². The van der Waals surface area contributed by atoms with Gasteiger partial charge in [-0.2, -0.15) is 10.2 Å². The first-order valence-electron chi connectivity index (χ1n) is 9.50. The molecule has 4 aromatic rings. The Hall–Kier alpha value is -2.84. The van der Waals surface area contributed by atoms with Crippen LogP contribution < -0.4 is 0 Å². The fourth-order valence-electron chi connectivity index (χ4n) is 3.85. The average molecular weight is 432 g/mol. The number of nitrogens with zero attached hydrogens (tertiary/aromatic N) is 5. The Labute approximate surface area is 176 Å². The molecule has 0 bridgehead atoms. The summed E-state index contributed by atoms with van der Waals surface area (Å²) in [6.07, 6.45) is 3.37. The SMILES string of the molecule is CCc1c2cc(Cl)ccc2nn1[C@H](C)[C@](O)(Cn1cncn1)c1ccc(F)cc1F. The molecule has 0 aliphatic carbocycles. The molecule has 0 aliphatic rings. The number of aliphatic hydroxyl groups is 1. The van der Waals surface area contributed by atoms with Gasteiger partial charge in [0.05, 0.1) is 18.1 Å². The molecule has 4 rings (SSSR count). The fraction of sp³-hybridized carbons (Fsp3) is 0.286. The first-order chi connectivity index (χ1) is 14.3. The molecule has 1 N–H and O–H groups in total. The molecule has 2 aromatic carbocycles. The Balaban J connectivity index is 1.90. The molecular weight excluding hydrogens is 412 g/mol. The van der Waals surface area contributed by atoms with Crippen LogP contribution in [0.25, 0.3) is 10.9 Å². The molecule has 0 saturated carbocycles. The van der Waals surface area contributed by atoms with Crippen molar-refractivity contribution >= 4 is 22.5 Å². The lowest BCUT2D eigenvalue weighted by Crippen LogP contribution is -2.41. The van der Waals surface area contributed by atoms with Crippen molar-refractivity contribution in [3.63, 3.8) is 0 Å². The highest BCUT2D eigenvalue weighted by Gasteiger charge is 2.41. The zero-order chi connectivity index (χ0) is 21.5. The molecule has 2 heterocycles. The normalized spacial score (nSPS) is 14.7. The maximum absolute atomic E-state index is 14.8. The molecule has 2 atom stereocenters. The monoisotopic (exact) mass is 431 g/mol. The van der Waals surface area contributed by atoms with Crippen LogP contribution in [0.4, 0.5) is 8.78 Å². The van der Waals surface area contributed by atoms with Gasteiger partial charge in [0, 0.05) is 27.7 Å². The van der Waals surface area contributed by atoms with Crippen LogP contribution in [0.3, 0.4) is 0 Å². The highest BCUT2D eigenvalue weighted by molar-refractivity contribution is 6.31. The van der Waals surface area contributed by atoms with Crippen LogP contribution in [0.1, 0.15) is 31.1 Å². The number of benzene rings is 2.